The van der Waals surface area contributed by atoms with E-state index >= 15 is 0 Å². The van der Waals surface area contributed by atoms with Gasteiger partial charge in [-0.05, 0) is 51.0 Å². The van der Waals surface area contributed by atoms with Crippen molar-refractivity contribution in [2.75, 3.05) is 5.73 Å². The molecular formula is C8H8BrN7S. The Morgan fingerprint density at radius 2 is 2.29 bits per heavy atom. The third-order valence-corrected chi connectivity index (χ3v) is 4.07. The highest BCUT2D eigenvalue weighted by Gasteiger charge is 2.28. The molecule has 2 aromatic heterocycles. The zero-order chi connectivity index (χ0) is 11.8. The Morgan fingerprint density at radius 1 is 1.47 bits per heavy atom. The number of nitrogen functional groups attached to an aromatic ring is 1. The Labute approximate surface area is 109 Å². The lowest BCUT2D eigenvalue weighted by Gasteiger charge is -2.03. The van der Waals surface area contributed by atoms with Crippen molar-refractivity contribution < 1.29 is 0 Å². The highest BCUT2D eigenvalue weighted by molar-refractivity contribution is 9.10. The van der Waals surface area contributed by atoms with E-state index in [0.29, 0.717) is 11.1 Å². The first kappa shape index (κ1) is 10.9. The summed E-state index contributed by atoms with van der Waals surface area (Å²) in [7, 11) is 0. The van der Waals surface area contributed by atoms with Gasteiger partial charge in [-0.15, -0.1) is 5.10 Å². The molecule has 3 rings (SSSR count). The Balaban J connectivity index is 1.90. The van der Waals surface area contributed by atoms with Gasteiger partial charge in [-0.25, -0.2) is 14.6 Å². The summed E-state index contributed by atoms with van der Waals surface area (Å²) in [4.78, 5) is 8.03. The van der Waals surface area contributed by atoms with Gasteiger partial charge in [0.15, 0.2) is 0 Å². The van der Waals surface area contributed by atoms with Crippen molar-refractivity contribution in [3.05, 3.63) is 10.7 Å². The van der Waals surface area contributed by atoms with Crippen molar-refractivity contribution >= 4 is 33.6 Å². The molecule has 0 bridgehead atoms. The molecule has 1 saturated carbocycles. The Hall–Kier alpha value is -1.22. The molecule has 1 fully saturated rings. The van der Waals surface area contributed by atoms with Crippen LogP contribution >= 0.6 is 27.7 Å². The van der Waals surface area contributed by atoms with Crippen LogP contribution in [-0.2, 0) is 0 Å². The van der Waals surface area contributed by atoms with E-state index < -0.39 is 0 Å². The largest absolute Gasteiger partial charge is 0.368 e. The maximum atomic E-state index is 5.55. The molecule has 0 saturated heterocycles. The topological polar surface area (TPSA) is 95.4 Å². The molecule has 0 amide bonds. The second kappa shape index (κ2) is 4.22. The van der Waals surface area contributed by atoms with Crippen LogP contribution in [-0.4, -0.2) is 30.2 Å². The molecule has 2 aromatic rings. The Bertz CT molecular complexity index is 553. The standard InChI is InChI=1S/C8H8BrN7S/c9-5-3-11-7(10)12-6(5)17-8-13-14-15-16(8)4-1-2-4/h3-4H,1-2H2,(H2,10,11,12). The van der Waals surface area contributed by atoms with Crippen molar-refractivity contribution in [3.8, 4) is 0 Å². The zero-order valence-corrected chi connectivity index (χ0v) is 11.0. The third-order valence-electron chi connectivity index (χ3n) is 2.27. The fraction of sp³-hybridized carbons (Fsp3) is 0.375. The second-order valence-corrected chi connectivity index (χ2v) is 5.43. The lowest BCUT2D eigenvalue weighted by Crippen LogP contribution is -2.00. The van der Waals surface area contributed by atoms with Crippen LogP contribution in [0.15, 0.2) is 20.9 Å². The molecule has 17 heavy (non-hydrogen) atoms. The molecule has 7 nitrogen and oxygen atoms in total. The minimum Gasteiger partial charge on any atom is -0.368 e. The van der Waals surface area contributed by atoms with Crippen LogP contribution in [0.25, 0.3) is 0 Å². The summed E-state index contributed by atoms with van der Waals surface area (Å²) in [5.41, 5.74) is 5.55. The minimum atomic E-state index is 0.237. The van der Waals surface area contributed by atoms with Crippen LogP contribution in [0, 0.1) is 0 Å². The van der Waals surface area contributed by atoms with Gasteiger partial charge in [-0.2, -0.15) is 0 Å². The van der Waals surface area contributed by atoms with E-state index in [2.05, 4.69) is 41.4 Å². The summed E-state index contributed by atoms with van der Waals surface area (Å²) in [6.07, 6.45) is 3.88. The van der Waals surface area contributed by atoms with Crippen LogP contribution in [0.1, 0.15) is 18.9 Å². The summed E-state index contributed by atoms with van der Waals surface area (Å²) < 4.78 is 2.61. The normalized spacial score (nSPS) is 15.1. The van der Waals surface area contributed by atoms with Gasteiger partial charge in [0.25, 0.3) is 0 Å². The van der Waals surface area contributed by atoms with Crippen molar-refractivity contribution in [2.24, 2.45) is 0 Å². The fourth-order valence-electron chi connectivity index (χ4n) is 1.32. The van der Waals surface area contributed by atoms with Crippen LogP contribution in [0.2, 0.25) is 0 Å². The SMILES string of the molecule is Nc1ncc(Br)c(Sc2nnnn2C2CC2)n1. The molecule has 2 heterocycles. The van der Waals surface area contributed by atoms with E-state index in [4.69, 9.17) is 5.73 Å². The molecule has 1 aliphatic rings. The average Bonchev–Trinajstić information content (AvgIpc) is 3.05. The molecule has 1 aliphatic carbocycles. The number of hydrogen-bond donors (Lipinski definition) is 1. The van der Waals surface area contributed by atoms with Crippen LogP contribution in [0.4, 0.5) is 5.95 Å². The number of rotatable bonds is 3. The van der Waals surface area contributed by atoms with E-state index in [-0.39, 0.29) is 5.95 Å². The van der Waals surface area contributed by atoms with Gasteiger partial charge in [-0.1, -0.05) is 0 Å². The summed E-state index contributed by atoms with van der Waals surface area (Å²) in [6, 6.07) is 0.436. The van der Waals surface area contributed by atoms with E-state index in [1.54, 1.807) is 6.20 Å². The minimum absolute atomic E-state index is 0.237. The van der Waals surface area contributed by atoms with E-state index in [9.17, 15) is 0 Å². The molecule has 88 valence electrons. The maximum absolute atomic E-state index is 5.55. The molecule has 0 aromatic carbocycles. The average molecular weight is 314 g/mol. The first-order valence-electron chi connectivity index (χ1n) is 4.98. The summed E-state index contributed by atoms with van der Waals surface area (Å²) in [5, 5.41) is 13.1. The first-order valence-corrected chi connectivity index (χ1v) is 6.59. The Morgan fingerprint density at radius 3 is 3.06 bits per heavy atom. The number of anilines is 1. The van der Waals surface area contributed by atoms with Crippen LogP contribution < -0.4 is 5.73 Å². The van der Waals surface area contributed by atoms with Gasteiger partial charge in [0.1, 0.15) is 5.03 Å². The zero-order valence-electron chi connectivity index (χ0n) is 8.62. The number of aromatic nitrogens is 6. The van der Waals surface area contributed by atoms with Gasteiger partial charge in [0.2, 0.25) is 11.1 Å². The predicted molar refractivity (Wildman–Crippen MR) is 64.4 cm³/mol. The third kappa shape index (κ3) is 2.25. The van der Waals surface area contributed by atoms with Gasteiger partial charge in [0, 0.05) is 6.20 Å². The number of nitrogens with two attached hydrogens (primary N) is 1. The van der Waals surface area contributed by atoms with E-state index in [1.807, 2.05) is 4.68 Å². The number of tetrazole rings is 1. The summed E-state index contributed by atoms with van der Waals surface area (Å²) in [6.45, 7) is 0. The molecule has 2 N–H and O–H groups in total. The maximum Gasteiger partial charge on any atom is 0.221 e. The molecule has 9 heteroatoms. The Kier molecular flexibility index (Phi) is 2.71. The molecular weight excluding hydrogens is 306 g/mol. The summed E-state index contributed by atoms with van der Waals surface area (Å²) in [5.74, 6) is 0.237. The lowest BCUT2D eigenvalue weighted by atomic mass is 10.7. The van der Waals surface area contributed by atoms with Crippen molar-refractivity contribution in [3.63, 3.8) is 0 Å². The van der Waals surface area contributed by atoms with E-state index in [1.165, 1.54) is 11.8 Å². The van der Waals surface area contributed by atoms with E-state index in [0.717, 1.165) is 22.5 Å². The van der Waals surface area contributed by atoms with Crippen molar-refractivity contribution in [1.82, 2.24) is 30.2 Å². The van der Waals surface area contributed by atoms with Crippen molar-refractivity contribution in [1.29, 1.82) is 0 Å². The smallest absolute Gasteiger partial charge is 0.221 e. The van der Waals surface area contributed by atoms with Crippen LogP contribution in [0.5, 0.6) is 0 Å². The van der Waals surface area contributed by atoms with Gasteiger partial charge < -0.3 is 5.73 Å². The molecule has 0 aliphatic heterocycles. The number of nitrogens with zero attached hydrogens (tertiary/aromatic N) is 6. The monoisotopic (exact) mass is 313 g/mol. The fourth-order valence-corrected chi connectivity index (χ4v) is 2.58. The van der Waals surface area contributed by atoms with Crippen LogP contribution in [0.3, 0.4) is 0 Å². The molecule has 0 atom stereocenters. The van der Waals surface area contributed by atoms with Gasteiger partial charge in [-0.3, -0.25) is 0 Å². The molecule has 0 radical (unpaired) electrons. The molecule has 0 spiro atoms. The number of halogens is 1. The highest BCUT2D eigenvalue weighted by atomic mass is 79.9. The van der Waals surface area contributed by atoms with Crippen molar-refractivity contribution in [2.45, 2.75) is 29.1 Å². The summed E-state index contributed by atoms with van der Waals surface area (Å²) >= 11 is 4.75. The highest BCUT2D eigenvalue weighted by Crippen LogP contribution is 2.38. The number of hydrogen-bond acceptors (Lipinski definition) is 7. The second-order valence-electron chi connectivity index (χ2n) is 3.62. The van der Waals surface area contributed by atoms with Gasteiger partial charge >= 0.3 is 0 Å². The first-order chi connectivity index (χ1) is 8.24. The van der Waals surface area contributed by atoms with Gasteiger partial charge in [0.05, 0.1) is 10.5 Å². The lowest BCUT2D eigenvalue weighted by molar-refractivity contribution is 0.565. The quantitative estimate of drug-likeness (QED) is 0.853. The predicted octanol–water partition coefficient (Wildman–Crippen LogP) is 1.29. The molecule has 0 unspecified atom stereocenters.